The number of hydrogen-bond donors (Lipinski definition) is 1. The molecule has 0 saturated heterocycles. The monoisotopic (exact) mass is 411 g/mol. The molecule has 0 spiro atoms. The Hall–Kier alpha value is -0.840. The molecule has 0 bridgehead atoms. The summed E-state index contributed by atoms with van der Waals surface area (Å²) in [5, 5.41) is 3.32. The highest BCUT2D eigenvalue weighted by Gasteiger charge is 2.07. The molecule has 0 unspecified atom stereocenters. The number of ether oxygens (including phenoxy) is 1. The van der Waals surface area contributed by atoms with Crippen molar-refractivity contribution in [2.45, 2.75) is 27.3 Å². The summed E-state index contributed by atoms with van der Waals surface area (Å²) in [5.74, 6) is 1.68. The second-order valence-electron chi connectivity index (χ2n) is 5.02. The number of benzene rings is 2. The van der Waals surface area contributed by atoms with Gasteiger partial charge in [-0.3, -0.25) is 0 Å². The fourth-order valence-corrected chi connectivity index (χ4v) is 2.83. The van der Waals surface area contributed by atoms with Crippen molar-refractivity contribution in [2.75, 3.05) is 6.54 Å². The first-order valence-corrected chi connectivity index (χ1v) is 8.53. The van der Waals surface area contributed by atoms with E-state index in [-0.39, 0.29) is 0 Å². The lowest BCUT2D eigenvalue weighted by molar-refractivity contribution is 0.478. The highest BCUT2D eigenvalue weighted by molar-refractivity contribution is 9.10. The average molecular weight is 413 g/mol. The van der Waals surface area contributed by atoms with Crippen LogP contribution in [-0.4, -0.2) is 6.54 Å². The van der Waals surface area contributed by atoms with Crippen molar-refractivity contribution in [1.82, 2.24) is 5.32 Å². The van der Waals surface area contributed by atoms with Crippen molar-refractivity contribution < 1.29 is 4.74 Å². The Labute approximate surface area is 143 Å². The van der Waals surface area contributed by atoms with Crippen molar-refractivity contribution in [2.24, 2.45) is 0 Å². The van der Waals surface area contributed by atoms with Crippen LogP contribution in [0.4, 0.5) is 0 Å². The van der Waals surface area contributed by atoms with E-state index in [1.165, 1.54) is 16.7 Å². The molecule has 2 rings (SSSR count). The summed E-state index contributed by atoms with van der Waals surface area (Å²) < 4.78 is 8.10. The fourth-order valence-electron chi connectivity index (χ4n) is 2.10. The van der Waals surface area contributed by atoms with Crippen LogP contribution in [0.1, 0.15) is 23.6 Å². The van der Waals surface area contributed by atoms with E-state index in [0.29, 0.717) is 0 Å². The van der Waals surface area contributed by atoms with Crippen LogP contribution in [0.5, 0.6) is 11.5 Å². The number of aryl methyl sites for hydroxylation is 2. The second kappa shape index (κ2) is 7.43. The lowest BCUT2D eigenvalue weighted by Crippen LogP contribution is -2.11. The zero-order valence-corrected chi connectivity index (χ0v) is 15.6. The Bertz CT molecular complexity index is 618. The van der Waals surface area contributed by atoms with Gasteiger partial charge in [-0.2, -0.15) is 0 Å². The number of hydrogen-bond acceptors (Lipinski definition) is 2. The van der Waals surface area contributed by atoms with E-state index in [2.05, 4.69) is 70.1 Å². The maximum atomic E-state index is 6.00. The van der Waals surface area contributed by atoms with Crippen LogP contribution in [-0.2, 0) is 6.54 Å². The van der Waals surface area contributed by atoms with Gasteiger partial charge in [0, 0.05) is 11.0 Å². The molecule has 0 radical (unpaired) electrons. The maximum Gasteiger partial charge on any atom is 0.141 e. The van der Waals surface area contributed by atoms with E-state index >= 15 is 0 Å². The topological polar surface area (TPSA) is 21.3 Å². The van der Waals surface area contributed by atoms with E-state index in [9.17, 15) is 0 Å². The first-order chi connectivity index (χ1) is 10.0. The molecule has 0 aliphatic rings. The van der Waals surface area contributed by atoms with Crippen LogP contribution >= 0.6 is 31.9 Å². The van der Waals surface area contributed by atoms with Crippen LogP contribution < -0.4 is 10.1 Å². The smallest absolute Gasteiger partial charge is 0.141 e. The molecule has 2 aromatic carbocycles. The van der Waals surface area contributed by atoms with E-state index in [1.54, 1.807) is 0 Å². The summed E-state index contributed by atoms with van der Waals surface area (Å²) in [4.78, 5) is 0. The highest BCUT2D eigenvalue weighted by Crippen LogP contribution is 2.33. The molecule has 4 heteroatoms. The first-order valence-electron chi connectivity index (χ1n) is 6.95. The molecular weight excluding hydrogens is 394 g/mol. The minimum absolute atomic E-state index is 0.830. The van der Waals surface area contributed by atoms with Gasteiger partial charge in [0.25, 0.3) is 0 Å². The maximum absolute atomic E-state index is 6.00. The van der Waals surface area contributed by atoms with Gasteiger partial charge in [-0.15, -0.1) is 0 Å². The lowest BCUT2D eigenvalue weighted by Gasteiger charge is -2.12. The molecule has 2 aromatic rings. The minimum atomic E-state index is 0.830. The van der Waals surface area contributed by atoms with Crippen LogP contribution in [0.2, 0.25) is 0 Å². The Morgan fingerprint density at radius 2 is 1.71 bits per heavy atom. The summed E-state index contributed by atoms with van der Waals surface area (Å²) in [6.45, 7) is 8.07. The standard InChI is InChI=1S/C17H19Br2NO/c1-4-20-10-13-5-6-16(15(18)9-13)21-14-7-11(2)17(19)12(3)8-14/h5-9,20H,4,10H2,1-3H3. The predicted molar refractivity (Wildman–Crippen MR) is 95.2 cm³/mol. The molecule has 0 atom stereocenters. The summed E-state index contributed by atoms with van der Waals surface area (Å²) >= 11 is 7.16. The zero-order valence-electron chi connectivity index (χ0n) is 12.5. The van der Waals surface area contributed by atoms with Gasteiger partial charge in [0.05, 0.1) is 4.47 Å². The molecule has 1 N–H and O–H groups in total. The third-order valence-corrected chi connectivity index (χ3v) is 5.08. The molecular formula is C17H19Br2NO. The normalized spacial score (nSPS) is 10.7. The second-order valence-corrected chi connectivity index (χ2v) is 6.67. The average Bonchev–Trinajstić information content (AvgIpc) is 2.45. The van der Waals surface area contributed by atoms with Crippen LogP contribution in [0.25, 0.3) is 0 Å². The van der Waals surface area contributed by atoms with Crippen molar-refractivity contribution in [1.29, 1.82) is 0 Å². The Morgan fingerprint density at radius 1 is 1.05 bits per heavy atom. The molecule has 0 amide bonds. The van der Waals surface area contributed by atoms with Gasteiger partial charge in [-0.1, -0.05) is 28.9 Å². The summed E-state index contributed by atoms with van der Waals surface area (Å²) in [5.41, 5.74) is 3.58. The van der Waals surface area contributed by atoms with Crippen LogP contribution in [0, 0.1) is 13.8 Å². The van der Waals surface area contributed by atoms with Crippen molar-refractivity contribution >= 4 is 31.9 Å². The molecule has 0 aromatic heterocycles. The van der Waals surface area contributed by atoms with Crippen molar-refractivity contribution in [3.63, 3.8) is 0 Å². The summed E-state index contributed by atoms with van der Waals surface area (Å²) in [7, 11) is 0. The van der Waals surface area contributed by atoms with Gasteiger partial charge in [-0.05, 0) is 77.3 Å². The molecule has 0 saturated carbocycles. The molecule has 21 heavy (non-hydrogen) atoms. The summed E-state index contributed by atoms with van der Waals surface area (Å²) in [6, 6.07) is 10.3. The SMILES string of the molecule is CCNCc1ccc(Oc2cc(C)c(Br)c(C)c2)c(Br)c1. The number of nitrogens with one attached hydrogen (secondary N) is 1. The largest absolute Gasteiger partial charge is 0.456 e. The third kappa shape index (κ3) is 4.31. The molecule has 0 fully saturated rings. The Balaban J connectivity index is 2.20. The summed E-state index contributed by atoms with van der Waals surface area (Å²) in [6.07, 6.45) is 0. The molecule has 0 aliphatic heterocycles. The molecule has 2 nitrogen and oxygen atoms in total. The third-order valence-electron chi connectivity index (χ3n) is 3.21. The van der Waals surface area contributed by atoms with Crippen molar-refractivity contribution in [3.8, 4) is 11.5 Å². The number of halogens is 2. The van der Waals surface area contributed by atoms with E-state index in [1.807, 2.05) is 18.2 Å². The van der Waals surface area contributed by atoms with Crippen LogP contribution in [0.15, 0.2) is 39.3 Å². The first kappa shape index (κ1) is 16.5. The van der Waals surface area contributed by atoms with E-state index < -0.39 is 0 Å². The molecule has 112 valence electrons. The van der Waals surface area contributed by atoms with Crippen molar-refractivity contribution in [3.05, 3.63) is 56.0 Å². The Kier molecular flexibility index (Phi) is 5.85. The number of rotatable bonds is 5. The molecule has 0 heterocycles. The van der Waals surface area contributed by atoms with Gasteiger partial charge < -0.3 is 10.1 Å². The van der Waals surface area contributed by atoms with Gasteiger partial charge in [0.15, 0.2) is 0 Å². The van der Waals surface area contributed by atoms with Gasteiger partial charge in [-0.25, -0.2) is 0 Å². The highest BCUT2D eigenvalue weighted by atomic mass is 79.9. The van der Waals surface area contributed by atoms with Gasteiger partial charge in [0.1, 0.15) is 11.5 Å². The lowest BCUT2D eigenvalue weighted by atomic mass is 10.1. The predicted octanol–water partition coefficient (Wildman–Crippen LogP) is 5.73. The fraction of sp³-hybridized carbons (Fsp3) is 0.294. The zero-order chi connectivity index (χ0) is 15.4. The van der Waals surface area contributed by atoms with Crippen LogP contribution in [0.3, 0.4) is 0 Å². The minimum Gasteiger partial charge on any atom is -0.456 e. The quantitative estimate of drug-likeness (QED) is 0.676. The molecule has 0 aliphatic carbocycles. The Morgan fingerprint density at radius 3 is 2.29 bits per heavy atom. The van der Waals surface area contributed by atoms with Gasteiger partial charge >= 0.3 is 0 Å². The van der Waals surface area contributed by atoms with E-state index in [0.717, 1.165) is 33.5 Å². The van der Waals surface area contributed by atoms with E-state index in [4.69, 9.17) is 4.74 Å². The van der Waals surface area contributed by atoms with Gasteiger partial charge in [0.2, 0.25) is 0 Å².